The summed E-state index contributed by atoms with van der Waals surface area (Å²) in [5.74, 6) is 0.327. The van der Waals surface area contributed by atoms with Crippen LogP contribution in [-0.2, 0) is 4.79 Å². The fourth-order valence-electron chi connectivity index (χ4n) is 2.48. The lowest BCUT2D eigenvalue weighted by molar-refractivity contribution is -0.129. The molecule has 1 unspecified atom stereocenters. The molecule has 2 heterocycles. The van der Waals surface area contributed by atoms with Crippen molar-refractivity contribution in [3.63, 3.8) is 0 Å². The van der Waals surface area contributed by atoms with Gasteiger partial charge in [-0.15, -0.1) is 0 Å². The minimum absolute atomic E-state index is 0.327. The second-order valence-corrected chi connectivity index (χ2v) is 4.00. The molecule has 2 nitrogen and oxygen atoms in total. The van der Waals surface area contributed by atoms with E-state index < -0.39 is 0 Å². The minimum atomic E-state index is 0.327. The van der Waals surface area contributed by atoms with Gasteiger partial charge in [-0.05, 0) is 25.7 Å². The summed E-state index contributed by atoms with van der Waals surface area (Å²) in [6, 6.07) is 0.514. The Balaban J connectivity index is 2.11. The maximum absolute atomic E-state index is 11.6. The van der Waals surface area contributed by atoms with E-state index in [1.165, 1.54) is 31.4 Å². The normalized spacial score (nSPS) is 27.5. The van der Waals surface area contributed by atoms with Crippen molar-refractivity contribution >= 4 is 5.91 Å². The highest BCUT2D eigenvalue weighted by Gasteiger charge is 2.32. The van der Waals surface area contributed by atoms with Crippen molar-refractivity contribution in [2.45, 2.75) is 51.5 Å². The number of nitrogens with zero attached hydrogens (tertiary/aromatic N) is 1. The molecule has 0 N–H and O–H groups in total. The minimum Gasteiger partial charge on any atom is -0.313 e. The Morgan fingerprint density at radius 3 is 3.23 bits per heavy atom. The summed E-state index contributed by atoms with van der Waals surface area (Å²) in [5.41, 5.74) is 1.30. The van der Waals surface area contributed by atoms with Crippen molar-refractivity contribution in [2.24, 2.45) is 0 Å². The lowest BCUT2D eigenvalue weighted by Crippen LogP contribution is -2.38. The highest BCUT2D eigenvalue weighted by Crippen LogP contribution is 2.32. The Morgan fingerprint density at radius 2 is 2.46 bits per heavy atom. The van der Waals surface area contributed by atoms with Crippen LogP contribution in [0.1, 0.15) is 45.4 Å². The average molecular weight is 179 g/mol. The number of hydrogen-bond donors (Lipinski definition) is 0. The Labute approximate surface area is 79.6 Å². The molecule has 0 aliphatic carbocycles. The molecule has 0 aromatic rings. The molecule has 1 saturated heterocycles. The maximum Gasteiger partial charge on any atom is 0.230 e. The topological polar surface area (TPSA) is 20.3 Å². The highest BCUT2D eigenvalue weighted by molar-refractivity contribution is 5.83. The van der Waals surface area contributed by atoms with E-state index in [0.717, 1.165) is 6.42 Å². The zero-order valence-electron chi connectivity index (χ0n) is 8.25. The third-order valence-electron chi connectivity index (χ3n) is 3.05. The van der Waals surface area contributed by atoms with Crippen molar-refractivity contribution in [1.29, 1.82) is 0 Å². The van der Waals surface area contributed by atoms with Crippen LogP contribution in [-0.4, -0.2) is 16.8 Å². The van der Waals surface area contributed by atoms with Gasteiger partial charge in [-0.3, -0.25) is 4.79 Å². The van der Waals surface area contributed by atoms with Gasteiger partial charge in [0.05, 0.1) is 0 Å². The molecule has 1 amide bonds. The molecule has 0 bridgehead atoms. The first-order valence-corrected chi connectivity index (χ1v) is 5.34. The second kappa shape index (κ2) is 3.52. The number of amides is 1. The van der Waals surface area contributed by atoms with Gasteiger partial charge >= 0.3 is 0 Å². The number of hydrogen-bond acceptors (Lipinski definition) is 1. The molecule has 13 heavy (non-hydrogen) atoms. The fraction of sp³-hybridized carbons (Fsp3) is 0.727. The monoisotopic (exact) mass is 179 g/mol. The first kappa shape index (κ1) is 8.79. The summed E-state index contributed by atoms with van der Waals surface area (Å²) in [4.78, 5) is 13.6. The van der Waals surface area contributed by atoms with Crippen LogP contribution in [0.3, 0.4) is 0 Å². The van der Waals surface area contributed by atoms with Gasteiger partial charge in [0.2, 0.25) is 5.91 Å². The molecule has 0 spiro atoms. The summed E-state index contributed by atoms with van der Waals surface area (Å²) in [6.07, 6.45) is 8.70. The third kappa shape index (κ3) is 1.50. The van der Waals surface area contributed by atoms with Gasteiger partial charge in [-0.2, -0.15) is 0 Å². The first-order chi connectivity index (χ1) is 6.33. The Bertz CT molecular complexity index is 242. The Hall–Kier alpha value is -0.790. The van der Waals surface area contributed by atoms with Crippen LogP contribution in [0.2, 0.25) is 0 Å². The number of allylic oxidation sites excluding steroid dienone is 1. The summed E-state index contributed by atoms with van der Waals surface area (Å²) < 4.78 is 0. The predicted molar refractivity (Wildman–Crippen MR) is 52.1 cm³/mol. The molecule has 2 aliphatic rings. The van der Waals surface area contributed by atoms with E-state index in [4.69, 9.17) is 0 Å². The van der Waals surface area contributed by atoms with Crippen molar-refractivity contribution in [3.05, 3.63) is 11.8 Å². The van der Waals surface area contributed by atoms with Gasteiger partial charge < -0.3 is 4.90 Å². The van der Waals surface area contributed by atoms with Crippen LogP contribution in [0.5, 0.6) is 0 Å². The molecular weight excluding hydrogens is 162 g/mol. The standard InChI is InChI=1S/C11H17NO/c1-2-4-9-5-3-6-10-7-8-11(13)12(9)10/h7,9H,2-6,8H2,1H3. The van der Waals surface area contributed by atoms with Crippen LogP contribution >= 0.6 is 0 Å². The molecule has 0 aromatic heterocycles. The lowest BCUT2D eigenvalue weighted by atomic mass is 9.97. The first-order valence-electron chi connectivity index (χ1n) is 5.34. The van der Waals surface area contributed by atoms with Gasteiger partial charge in [-0.25, -0.2) is 0 Å². The van der Waals surface area contributed by atoms with Crippen LogP contribution in [0.4, 0.5) is 0 Å². The maximum atomic E-state index is 11.6. The molecule has 1 atom stereocenters. The lowest BCUT2D eigenvalue weighted by Gasteiger charge is -2.34. The van der Waals surface area contributed by atoms with Crippen molar-refractivity contribution in [1.82, 2.24) is 4.90 Å². The number of carbonyl (C=O) groups is 1. The van der Waals surface area contributed by atoms with Gasteiger partial charge in [0, 0.05) is 18.2 Å². The summed E-state index contributed by atoms with van der Waals surface area (Å²) >= 11 is 0. The summed E-state index contributed by atoms with van der Waals surface area (Å²) in [5, 5.41) is 0. The van der Waals surface area contributed by atoms with Crippen molar-refractivity contribution in [2.75, 3.05) is 0 Å². The molecule has 2 heteroatoms. The van der Waals surface area contributed by atoms with Crippen LogP contribution < -0.4 is 0 Å². The van der Waals surface area contributed by atoms with E-state index >= 15 is 0 Å². The van der Waals surface area contributed by atoms with Crippen LogP contribution in [0, 0.1) is 0 Å². The zero-order chi connectivity index (χ0) is 9.26. The molecule has 0 aromatic carbocycles. The molecule has 2 aliphatic heterocycles. The largest absolute Gasteiger partial charge is 0.313 e. The zero-order valence-corrected chi connectivity index (χ0v) is 8.25. The fourth-order valence-corrected chi connectivity index (χ4v) is 2.48. The van der Waals surface area contributed by atoms with E-state index in [2.05, 4.69) is 17.9 Å². The molecule has 1 fully saturated rings. The van der Waals surface area contributed by atoms with Crippen molar-refractivity contribution in [3.8, 4) is 0 Å². The van der Waals surface area contributed by atoms with E-state index in [-0.39, 0.29) is 0 Å². The van der Waals surface area contributed by atoms with E-state index in [0.29, 0.717) is 18.4 Å². The third-order valence-corrected chi connectivity index (χ3v) is 3.05. The summed E-state index contributed by atoms with van der Waals surface area (Å²) in [7, 11) is 0. The van der Waals surface area contributed by atoms with Crippen LogP contribution in [0.15, 0.2) is 11.8 Å². The predicted octanol–water partition coefficient (Wildman–Crippen LogP) is 2.46. The second-order valence-electron chi connectivity index (χ2n) is 4.00. The van der Waals surface area contributed by atoms with Gasteiger partial charge in [0.15, 0.2) is 0 Å². The van der Waals surface area contributed by atoms with Gasteiger partial charge in [0.1, 0.15) is 0 Å². The molecular formula is C11H17NO. The molecule has 0 radical (unpaired) electrons. The van der Waals surface area contributed by atoms with E-state index in [1.54, 1.807) is 0 Å². The van der Waals surface area contributed by atoms with Crippen molar-refractivity contribution < 1.29 is 4.79 Å². The SMILES string of the molecule is CCCC1CCCC2=CCC(=O)N21. The number of carbonyl (C=O) groups excluding carboxylic acids is 1. The van der Waals surface area contributed by atoms with Crippen LogP contribution in [0.25, 0.3) is 0 Å². The van der Waals surface area contributed by atoms with E-state index in [9.17, 15) is 4.79 Å². The quantitative estimate of drug-likeness (QED) is 0.637. The average Bonchev–Trinajstić information content (AvgIpc) is 2.50. The highest BCUT2D eigenvalue weighted by atomic mass is 16.2. The number of piperidine rings is 1. The number of rotatable bonds is 2. The van der Waals surface area contributed by atoms with Gasteiger partial charge in [-0.1, -0.05) is 19.4 Å². The molecule has 0 saturated carbocycles. The van der Waals surface area contributed by atoms with E-state index in [1.807, 2.05) is 0 Å². The smallest absolute Gasteiger partial charge is 0.230 e. The molecule has 72 valence electrons. The Morgan fingerprint density at radius 1 is 1.62 bits per heavy atom. The number of fused-ring (bicyclic) bond motifs is 1. The summed E-state index contributed by atoms with van der Waals surface area (Å²) in [6.45, 7) is 2.19. The Kier molecular flexibility index (Phi) is 2.38. The van der Waals surface area contributed by atoms with Gasteiger partial charge in [0.25, 0.3) is 0 Å². The molecule has 2 rings (SSSR count).